The number of pyridine rings is 1. The molecule has 0 saturated carbocycles. The Kier molecular flexibility index (Phi) is 6.04. The van der Waals surface area contributed by atoms with Crippen LogP contribution in [0.4, 0.5) is 14.5 Å². The topological polar surface area (TPSA) is 99.9 Å². The fraction of sp³-hybridized carbons (Fsp3) is 0.474. The molecule has 1 amide bonds. The van der Waals surface area contributed by atoms with Crippen LogP contribution in [0.2, 0.25) is 0 Å². The Morgan fingerprint density at radius 2 is 2.24 bits per heavy atom. The average molecular weight is 426 g/mol. The van der Waals surface area contributed by atoms with Crippen molar-refractivity contribution in [3.05, 3.63) is 41.5 Å². The van der Waals surface area contributed by atoms with Gasteiger partial charge in [0.05, 0.1) is 4.90 Å². The maximum atomic E-state index is 13.1. The number of hydrogen-bond acceptors (Lipinski definition) is 4. The van der Waals surface area contributed by atoms with Crippen molar-refractivity contribution in [3.63, 3.8) is 0 Å². The van der Waals surface area contributed by atoms with E-state index in [1.54, 1.807) is 13.2 Å². The Morgan fingerprint density at radius 3 is 2.90 bits per heavy atom. The molecule has 2 aromatic heterocycles. The van der Waals surface area contributed by atoms with Crippen molar-refractivity contribution in [3.8, 4) is 0 Å². The number of carbonyl (C=O) groups excluding carboxylic acids is 1. The Bertz CT molecular complexity index is 1020. The molecule has 0 saturated heterocycles. The summed E-state index contributed by atoms with van der Waals surface area (Å²) in [5.74, 6) is -0.266. The third kappa shape index (κ3) is 4.32. The van der Waals surface area contributed by atoms with Gasteiger partial charge in [0.1, 0.15) is 21.3 Å². The van der Waals surface area contributed by atoms with E-state index in [1.165, 1.54) is 16.8 Å². The minimum atomic E-state index is -3.27. The molecule has 1 aliphatic rings. The molecule has 3 atom stereocenters. The highest BCUT2D eigenvalue weighted by molar-refractivity contribution is 7.90. The fourth-order valence-corrected chi connectivity index (χ4v) is 5.35. The number of nitrogens with one attached hydrogen (secondary N) is 3. The number of hydrogen-bond donors (Lipinski definition) is 3. The summed E-state index contributed by atoms with van der Waals surface area (Å²) in [6.07, 6.45) is 2.03. The van der Waals surface area contributed by atoms with Gasteiger partial charge in [-0.1, -0.05) is 20.3 Å². The quantitative estimate of drug-likeness (QED) is 0.678. The van der Waals surface area contributed by atoms with Crippen molar-refractivity contribution in [1.82, 2.24) is 14.3 Å². The van der Waals surface area contributed by atoms with Crippen LogP contribution in [0.25, 0.3) is 0 Å². The number of amides is 1. The van der Waals surface area contributed by atoms with Gasteiger partial charge in [-0.2, -0.15) is 0 Å². The number of alkyl halides is 2. The van der Waals surface area contributed by atoms with Crippen LogP contribution in [0.5, 0.6) is 0 Å². The first kappa shape index (κ1) is 21.4. The number of anilines is 1. The fourth-order valence-electron chi connectivity index (χ4n) is 3.59. The molecular formula is C19H25F2N5O2S. The van der Waals surface area contributed by atoms with Crippen LogP contribution in [0.1, 0.15) is 54.9 Å². The summed E-state index contributed by atoms with van der Waals surface area (Å²) in [4.78, 5) is 16.8. The van der Waals surface area contributed by atoms with Gasteiger partial charge in [0.2, 0.25) is 0 Å². The summed E-state index contributed by atoms with van der Waals surface area (Å²) >= 11 is 0. The van der Waals surface area contributed by atoms with Crippen molar-refractivity contribution in [2.75, 3.05) is 5.32 Å². The van der Waals surface area contributed by atoms with E-state index in [1.807, 2.05) is 13.8 Å². The van der Waals surface area contributed by atoms with E-state index in [4.69, 9.17) is 4.78 Å². The highest BCUT2D eigenvalue weighted by atomic mass is 32.2. The van der Waals surface area contributed by atoms with Crippen molar-refractivity contribution in [1.29, 1.82) is 4.78 Å². The number of fused-ring (bicyclic) bond motifs is 1. The van der Waals surface area contributed by atoms with Gasteiger partial charge in [0, 0.05) is 36.7 Å². The minimum Gasteiger partial charge on any atom is -0.345 e. The Balaban J connectivity index is 1.94. The Labute approximate surface area is 169 Å². The number of aryl methyl sites for hydroxylation is 1. The molecule has 0 fully saturated rings. The predicted octanol–water partition coefficient (Wildman–Crippen LogP) is 3.88. The van der Waals surface area contributed by atoms with Gasteiger partial charge >= 0.3 is 0 Å². The van der Waals surface area contributed by atoms with E-state index in [0.29, 0.717) is 23.3 Å². The maximum Gasteiger partial charge on any atom is 0.280 e. The SMILES string of the molecule is CC[C@H](C)C1CCc2c(cn(C)c2C(=O)Nc2ccnc(C(F)F)c2)S(=N)(=O)N1. The summed E-state index contributed by atoms with van der Waals surface area (Å²) in [5, 5.41) is 2.62. The van der Waals surface area contributed by atoms with Crippen LogP contribution < -0.4 is 10.0 Å². The molecule has 0 aromatic carbocycles. The monoisotopic (exact) mass is 425 g/mol. The lowest BCUT2D eigenvalue weighted by atomic mass is 9.94. The molecule has 0 spiro atoms. The molecule has 1 aliphatic heterocycles. The van der Waals surface area contributed by atoms with Gasteiger partial charge in [0.25, 0.3) is 12.3 Å². The third-order valence-corrected chi connectivity index (χ3v) is 6.99. The highest BCUT2D eigenvalue weighted by Gasteiger charge is 2.32. The standard InChI is InChI=1S/C19H25F2N5O2S/c1-4-11(2)14-6-5-13-16(29(22,28)25-14)10-26(3)17(13)19(27)24-12-7-8-23-15(9-12)18(20)21/h7-11,14,18H,4-6H2,1-3H3,(H2,22,25,28)(H,23,24,27)/t11-,14?,29?/m0/s1. The molecule has 0 radical (unpaired) electrons. The second-order valence-corrected chi connectivity index (χ2v) is 9.15. The van der Waals surface area contributed by atoms with E-state index >= 15 is 0 Å². The molecule has 2 unspecified atom stereocenters. The molecule has 3 heterocycles. The number of rotatable bonds is 5. The van der Waals surface area contributed by atoms with Crippen LogP contribution in [-0.2, 0) is 23.4 Å². The summed E-state index contributed by atoms with van der Waals surface area (Å²) in [6.45, 7) is 4.08. The average Bonchev–Trinajstić information content (AvgIpc) is 2.95. The van der Waals surface area contributed by atoms with E-state index in [0.717, 1.165) is 12.5 Å². The van der Waals surface area contributed by atoms with Gasteiger partial charge in [-0.25, -0.2) is 22.5 Å². The molecule has 3 N–H and O–H groups in total. The largest absolute Gasteiger partial charge is 0.345 e. The highest BCUT2D eigenvalue weighted by Crippen LogP contribution is 2.30. The van der Waals surface area contributed by atoms with Gasteiger partial charge in [-0.15, -0.1) is 0 Å². The first-order valence-electron chi connectivity index (χ1n) is 9.43. The first-order chi connectivity index (χ1) is 13.6. The van der Waals surface area contributed by atoms with E-state index < -0.39 is 27.9 Å². The van der Waals surface area contributed by atoms with Gasteiger partial charge in [-0.05, 0) is 30.9 Å². The molecule has 0 aliphatic carbocycles. The summed E-state index contributed by atoms with van der Waals surface area (Å²) in [6, 6.07) is 2.46. The van der Waals surface area contributed by atoms with E-state index in [9.17, 15) is 17.8 Å². The summed E-state index contributed by atoms with van der Waals surface area (Å²) in [7, 11) is -1.63. The number of aromatic nitrogens is 2. The zero-order valence-electron chi connectivity index (χ0n) is 16.5. The maximum absolute atomic E-state index is 13.1. The molecule has 2 aromatic rings. The van der Waals surface area contributed by atoms with Gasteiger partial charge < -0.3 is 9.88 Å². The van der Waals surface area contributed by atoms with Crippen LogP contribution in [0, 0.1) is 10.7 Å². The van der Waals surface area contributed by atoms with Gasteiger partial charge in [0.15, 0.2) is 0 Å². The van der Waals surface area contributed by atoms with E-state index in [-0.39, 0.29) is 23.3 Å². The molecule has 10 heteroatoms. The first-order valence-corrected chi connectivity index (χ1v) is 11.0. The Morgan fingerprint density at radius 1 is 1.52 bits per heavy atom. The van der Waals surface area contributed by atoms with Crippen LogP contribution in [0.3, 0.4) is 0 Å². The van der Waals surface area contributed by atoms with Crippen molar-refractivity contribution >= 4 is 21.5 Å². The molecule has 158 valence electrons. The molecule has 0 bridgehead atoms. The third-order valence-electron chi connectivity index (χ3n) is 5.39. The molecule has 3 rings (SSSR count). The Hall–Kier alpha value is -2.33. The normalized spacial score (nSPS) is 22.8. The van der Waals surface area contributed by atoms with Crippen LogP contribution in [0.15, 0.2) is 29.4 Å². The lowest BCUT2D eigenvalue weighted by Gasteiger charge is -2.22. The second-order valence-electron chi connectivity index (χ2n) is 7.36. The van der Waals surface area contributed by atoms with Crippen molar-refractivity contribution < 1.29 is 17.8 Å². The zero-order valence-corrected chi connectivity index (χ0v) is 17.4. The summed E-state index contributed by atoms with van der Waals surface area (Å²) < 4.78 is 51.7. The molecule has 29 heavy (non-hydrogen) atoms. The van der Waals surface area contributed by atoms with Crippen LogP contribution in [-0.4, -0.2) is 25.7 Å². The van der Waals surface area contributed by atoms with Crippen molar-refractivity contribution in [2.24, 2.45) is 13.0 Å². The summed E-state index contributed by atoms with van der Waals surface area (Å²) in [5.41, 5.74) is 0.614. The predicted molar refractivity (Wildman–Crippen MR) is 106 cm³/mol. The molecule has 7 nitrogen and oxygen atoms in total. The second kappa shape index (κ2) is 8.19. The molecular weight excluding hydrogens is 400 g/mol. The van der Waals surface area contributed by atoms with Gasteiger partial charge in [-0.3, -0.25) is 9.78 Å². The lowest BCUT2D eigenvalue weighted by Crippen LogP contribution is -2.37. The van der Waals surface area contributed by atoms with Crippen molar-refractivity contribution in [2.45, 2.75) is 50.5 Å². The van der Waals surface area contributed by atoms with Crippen LogP contribution >= 0.6 is 0 Å². The minimum absolute atomic E-state index is 0.0904. The van der Waals surface area contributed by atoms with E-state index in [2.05, 4.69) is 15.0 Å². The smallest absolute Gasteiger partial charge is 0.280 e. The number of carbonyl (C=O) groups is 1. The number of halogens is 2. The zero-order chi connectivity index (χ0) is 21.3. The lowest BCUT2D eigenvalue weighted by molar-refractivity contribution is 0.101. The number of nitrogens with zero attached hydrogens (tertiary/aromatic N) is 2.